The molecule has 3 rings (SSSR count). The average molecular weight is 353 g/mol. The summed E-state index contributed by atoms with van der Waals surface area (Å²) in [6.07, 6.45) is 2.16. The Labute approximate surface area is 154 Å². The maximum Gasteiger partial charge on any atom is 0.119 e. The van der Waals surface area contributed by atoms with Crippen LogP contribution >= 0.6 is 11.8 Å². The molecule has 0 aromatic heterocycles. The van der Waals surface area contributed by atoms with E-state index in [1.165, 1.54) is 0 Å². The molecule has 1 heterocycles. The van der Waals surface area contributed by atoms with Crippen molar-refractivity contribution in [1.29, 1.82) is 0 Å². The third-order valence-corrected chi connectivity index (χ3v) is 5.21. The number of thioether (sulfide) groups is 1. The summed E-state index contributed by atoms with van der Waals surface area (Å²) in [5, 5.41) is 4.62. The first-order valence-corrected chi connectivity index (χ1v) is 9.53. The summed E-state index contributed by atoms with van der Waals surface area (Å²) in [5.41, 5.74) is 3.23. The summed E-state index contributed by atoms with van der Waals surface area (Å²) in [5.74, 6) is 2.49. The zero-order valence-electron chi connectivity index (χ0n) is 14.9. The third-order valence-electron chi connectivity index (χ3n) is 4.19. The Morgan fingerprint density at radius 3 is 2.48 bits per heavy atom. The Morgan fingerprint density at radius 2 is 1.88 bits per heavy atom. The van der Waals surface area contributed by atoms with E-state index in [0.29, 0.717) is 12.0 Å². The Morgan fingerprint density at radius 1 is 1.16 bits per heavy atom. The van der Waals surface area contributed by atoms with Gasteiger partial charge in [-0.1, -0.05) is 44.2 Å². The molecule has 0 fully saturated rings. The minimum Gasteiger partial charge on any atom is -0.497 e. The van der Waals surface area contributed by atoms with Gasteiger partial charge in [0, 0.05) is 17.1 Å². The molecule has 0 saturated heterocycles. The van der Waals surface area contributed by atoms with Gasteiger partial charge in [-0.2, -0.15) is 0 Å². The van der Waals surface area contributed by atoms with E-state index in [9.17, 15) is 0 Å². The molecule has 0 bridgehead atoms. The largest absolute Gasteiger partial charge is 0.497 e. The summed E-state index contributed by atoms with van der Waals surface area (Å²) >= 11 is 1.83. The predicted octanol–water partition coefficient (Wildman–Crippen LogP) is 5.32. The van der Waals surface area contributed by atoms with Crippen LogP contribution in [0.5, 0.6) is 5.75 Å². The number of hydrogen-bond donors (Lipinski definition) is 1. The van der Waals surface area contributed by atoms with Crippen molar-refractivity contribution in [3.05, 3.63) is 66.2 Å². The van der Waals surface area contributed by atoms with Crippen molar-refractivity contribution in [3.8, 4) is 5.75 Å². The first kappa shape index (κ1) is 17.6. The van der Waals surface area contributed by atoms with E-state index in [0.717, 1.165) is 33.5 Å². The number of rotatable bonds is 6. The Kier molecular flexibility index (Phi) is 5.82. The lowest BCUT2D eigenvalue weighted by Crippen LogP contribution is -2.11. The van der Waals surface area contributed by atoms with Crippen molar-refractivity contribution >= 4 is 28.2 Å². The predicted molar refractivity (Wildman–Crippen MR) is 110 cm³/mol. The first-order chi connectivity index (χ1) is 12.2. The summed E-state index contributed by atoms with van der Waals surface area (Å²) < 4.78 is 5.24. The monoisotopic (exact) mass is 352 g/mol. The molecule has 0 spiro atoms. The topological polar surface area (TPSA) is 33.6 Å². The van der Waals surface area contributed by atoms with E-state index >= 15 is 0 Å². The van der Waals surface area contributed by atoms with Gasteiger partial charge in [0.1, 0.15) is 5.75 Å². The smallest absolute Gasteiger partial charge is 0.119 e. The van der Waals surface area contributed by atoms with E-state index in [-0.39, 0.29) is 0 Å². The van der Waals surface area contributed by atoms with Gasteiger partial charge < -0.3 is 10.1 Å². The molecule has 130 valence electrons. The standard InChI is InChI=1S/C21H24N2OS/c1-15(2)20-14-25-21(23-20)13-19(16-7-5-4-6-8-16)22-17-9-11-18(24-3)12-10-17/h4-13,15,20,22H,14H2,1-3H3. The molecule has 1 aliphatic heterocycles. The minimum atomic E-state index is 0.411. The highest BCUT2D eigenvalue weighted by Crippen LogP contribution is 2.27. The van der Waals surface area contributed by atoms with Crippen LogP contribution in [0.2, 0.25) is 0 Å². The lowest BCUT2D eigenvalue weighted by atomic mass is 10.1. The molecule has 3 nitrogen and oxygen atoms in total. The average Bonchev–Trinajstić information content (AvgIpc) is 3.11. The molecule has 1 aliphatic rings. The fraction of sp³-hybridized carbons (Fsp3) is 0.286. The Bertz CT molecular complexity index is 751. The third kappa shape index (κ3) is 4.67. The van der Waals surface area contributed by atoms with Crippen LogP contribution in [0.15, 0.2) is 65.7 Å². The second kappa shape index (κ2) is 8.26. The van der Waals surface area contributed by atoms with Crippen molar-refractivity contribution in [2.75, 3.05) is 18.2 Å². The van der Waals surface area contributed by atoms with Crippen LogP contribution in [0, 0.1) is 5.92 Å². The SMILES string of the molecule is COc1ccc(NC(=CC2=NC(C(C)C)CS2)c2ccccc2)cc1. The van der Waals surface area contributed by atoms with Gasteiger partial charge in [0.05, 0.1) is 18.2 Å². The highest BCUT2D eigenvalue weighted by atomic mass is 32.2. The van der Waals surface area contributed by atoms with Crippen molar-refractivity contribution in [1.82, 2.24) is 0 Å². The zero-order chi connectivity index (χ0) is 17.6. The number of nitrogens with zero attached hydrogens (tertiary/aromatic N) is 1. The van der Waals surface area contributed by atoms with Gasteiger partial charge in [0.2, 0.25) is 0 Å². The molecule has 25 heavy (non-hydrogen) atoms. The lowest BCUT2D eigenvalue weighted by Gasteiger charge is -2.12. The van der Waals surface area contributed by atoms with Crippen LogP contribution in [0.4, 0.5) is 5.69 Å². The Balaban J connectivity index is 1.88. The lowest BCUT2D eigenvalue weighted by molar-refractivity contribution is 0.415. The molecule has 1 atom stereocenters. The van der Waals surface area contributed by atoms with E-state index in [1.54, 1.807) is 7.11 Å². The van der Waals surface area contributed by atoms with Crippen LogP contribution in [-0.4, -0.2) is 23.9 Å². The van der Waals surface area contributed by atoms with E-state index in [4.69, 9.17) is 9.73 Å². The summed E-state index contributed by atoms with van der Waals surface area (Å²) in [6.45, 7) is 4.46. The fourth-order valence-corrected chi connectivity index (χ4v) is 3.80. The molecular formula is C21H24N2OS. The molecule has 1 unspecified atom stereocenters. The molecule has 0 amide bonds. The van der Waals surface area contributed by atoms with E-state index in [1.807, 2.05) is 42.1 Å². The molecule has 2 aromatic rings. The van der Waals surface area contributed by atoms with Crippen molar-refractivity contribution in [2.45, 2.75) is 19.9 Å². The van der Waals surface area contributed by atoms with E-state index < -0.39 is 0 Å². The maximum atomic E-state index is 5.24. The van der Waals surface area contributed by atoms with E-state index in [2.05, 4.69) is 49.5 Å². The fourth-order valence-electron chi connectivity index (χ4n) is 2.59. The number of ether oxygens (including phenoxy) is 1. The highest BCUT2D eigenvalue weighted by molar-refractivity contribution is 8.14. The molecule has 4 heteroatoms. The normalized spacial score (nSPS) is 17.5. The number of nitrogens with one attached hydrogen (secondary N) is 1. The summed E-state index contributed by atoms with van der Waals surface area (Å²) in [4.78, 5) is 4.87. The van der Waals surface area contributed by atoms with Gasteiger partial charge in [-0.3, -0.25) is 4.99 Å². The van der Waals surface area contributed by atoms with Crippen LogP contribution in [0.3, 0.4) is 0 Å². The van der Waals surface area contributed by atoms with Crippen molar-refractivity contribution in [2.24, 2.45) is 10.9 Å². The molecule has 0 aliphatic carbocycles. The number of methoxy groups -OCH3 is 1. The van der Waals surface area contributed by atoms with Gasteiger partial charge in [-0.25, -0.2) is 0 Å². The molecule has 0 radical (unpaired) electrons. The van der Waals surface area contributed by atoms with Gasteiger partial charge >= 0.3 is 0 Å². The molecular weight excluding hydrogens is 328 g/mol. The number of anilines is 1. The summed E-state index contributed by atoms with van der Waals surface area (Å²) in [6, 6.07) is 18.7. The number of benzene rings is 2. The maximum absolute atomic E-state index is 5.24. The second-order valence-electron chi connectivity index (χ2n) is 6.37. The highest BCUT2D eigenvalue weighted by Gasteiger charge is 2.20. The van der Waals surface area contributed by atoms with Gasteiger partial charge in [-0.15, -0.1) is 11.8 Å². The minimum absolute atomic E-state index is 0.411. The van der Waals surface area contributed by atoms with Gasteiger partial charge in [0.15, 0.2) is 0 Å². The van der Waals surface area contributed by atoms with Crippen LogP contribution < -0.4 is 10.1 Å². The molecule has 1 N–H and O–H groups in total. The first-order valence-electron chi connectivity index (χ1n) is 8.54. The van der Waals surface area contributed by atoms with Crippen LogP contribution in [-0.2, 0) is 0 Å². The summed E-state index contributed by atoms with van der Waals surface area (Å²) in [7, 11) is 1.68. The molecule has 0 saturated carbocycles. The quantitative estimate of drug-likeness (QED) is 0.764. The van der Waals surface area contributed by atoms with Crippen molar-refractivity contribution in [3.63, 3.8) is 0 Å². The van der Waals surface area contributed by atoms with Crippen LogP contribution in [0.1, 0.15) is 19.4 Å². The zero-order valence-corrected chi connectivity index (χ0v) is 15.7. The molecule has 2 aromatic carbocycles. The number of hydrogen-bond acceptors (Lipinski definition) is 4. The van der Waals surface area contributed by atoms with Crippen LogP contribution in [0.25, 0.3) is 5.70 Å². The van der Waals surface area contributed by atoms with Crippen molar-refractivity contribution < 1.29 is 4.74 Å². The second-order valence-corrected chi connectivity index (χ2v) is 7.41. The van der Waals surface area contributed by atoms with Gasteiger partial charge in [-0.05, 0) is 41.8 Å². The Hall–Kier alpha value is -2.20. The number of aliphatic imine (C=N–C) groups is 1. The van der Waals surface area contributed by atoms with Gasteiger partial charge in [0.25, 0.3) is 0 Å².